The number of fused-ring (bicyclic) bond motifs is 1. The van der Waals surface area contributed by atoms with Crippen molar-refractivity contribution in [2.24, 2.45) is 0 Å². The second-order valence-corrected chi connectivity index (χ2v) is 10.8. The van der Waals surface area contributed by atoms with Crippen LogP contribution in [0.1, 0.15) is 47.6 Å². The van der Waals surface area contributed by atoms with Crippen LogP contribution >= 0.6 is 11.3 Å². The van der Waals surface area contributed by atoms with Gasteiger partial charge in [0.05, 0.1) is 32.7 Å². The highest BCUT2D eigenvalue weighted by atomic mass is 32.1. The maximum absolute atomic E-state index is 9.88. The van der Waals surface area contributed by atoms with Crippen molar-refractivity contribution in [3.63, 3.8) is 0 Å². The quantitative estimate of drug-likeness (QED) is 0.279. The van der Waals surface area contributed by atoms with Crippen molar-refractivity contribution >= 4 is 27.5 Å². The van der Waals surface area contributed by atoms with Gasteiger partial charge in [-0.15, -0.1) is 11.3 Å². The highest BCUT2D eigenvalue weighted by molar-refractivity contribution is 7.18. The first-order valence-corrected chi connectivity index (χ1v) is 13.6. The molecule has 6 rings (SSSR count). The van der Waals surface area contributed by atoms with Crippen LogP contribution < -0.4 is 5.32 Å². The Morgan fingerprint density at radius 2 is 1.54 bits per heavy atom. The van der Waals surface area contributed by atoms with Crippen molar-refractivity contribution in [1.82, 2.24) is 19.9 Å². The smallest absolute Gasteiger partial charge is 0.223 e. The second kappa shape index (κ2) is 10.7. The molecule has 0 amide bonds. The number of rotatable bonds is 7. The van der Waals surface area contributed by atoms with Crippen LogP contribution in [-0.2, 0) is 12.8 Å². The molecule has 0 unspecified atom stereocenters. The summed E-state index contributed by atoms with van der Waals surface area (Å²) in [7, 11) is 0. The van der Waals surface area contributed by atoms with Gasteiger partial charge in [0.15, 0.2) is 0 Å². The summed E-state index contributed by atoms with van der Waals surface area (Å²) in [6.07, 6.45) is 8.37. The Labute approximate surface area is 220 Å². The molecule has 0 radical (unpaired) electrons. The third-order valence-electron chi connectivity index (χ3n) is 6.87. The van der Waals surface area contributed by atoms with E-state index in [0.717, 1.165) is 59.6 Å². The van der Waals surface area contributed by atoms with Crippen molar-refractivity contribution in [3.8, 4) is 11.1 Å². The molecule has 1 fully saturated rings. The average Bonchev–Trinajstić information content (AvgIpc) is 3.32. The average molecular weight is 508 g/mol. The van der Waals surface area contributed by atoms with Gasteiger partial charge in [0.2, 0.25) is 5.95 Å². The predicted molar refractivity (Wildman–Crippen MR) is 149 cm³/mol. The standard InChI is InChI=1S/C30H29N5OS/c36-26-9-7-23(8-10-26)32-30-33-24(16-20-4-2-1-3-5-20)18-25(34-30)19-29-35-27-11-6-22(17-28(27)37-29)21-12-14-31-15-13-21/h1-6,11-15,17-18,23,26,36H,7-10,16,19H2,(H,32,33,34). The van der Waals surface area contributed by atoms with Crippen molar-refractivity contribution < 1.29 is 5.11 Å². The van der Waals surface area contributed by atoms with Gasteiger partial charge in [-0.1, -0.05) is 36.4 Å². The number of anilines is 1. The first-order valence-electron chi connectivity index (χ1n) is 12.8. The summed E-state index contributed by atoms with van der Waals surface area (Å²) in [5.74, 6) is 0.672. The topological polar surface area (TPSA) is 83.8 Å². The Balaban J connectivity index is 1.27. The number of aromatic nitrogens is 4. The lowest BCUT2D eigenvalue weighted by atomic mass is 9.93. The molecular weight excluding hydrogens is 478 g/mol. The fourth-order valence-electron chi connectivity index (χ4n) is 4.93. The van der Waals surface area contributed by atoms with E-state index in [1.165, 1.54) is 15.8 Å². The fourth-order valence-corrected chi connectivity index (χ4v) is 5.96. The SMILES string of the molecule is OC1CCC(Nc2nc(Cc3ccccc3)cc(Cc3nc4ccc(-c5ccncc5)cc4s3)n2)CC1. The van der Waals surface area contributed by atoms with Crippen molar-refractivity contribution in [1.29, 1.82) is 0 Å². The first-order chi connectivity index (χ1) is 18.2. The van der Waals surface area contributed by atoms with Crippen LogP contribution in [0.5, 0.6) is 0 Å². The number of benzene rings is 2. The minimum Gasteiger partial charge on any atom is -0.393 e. The number of aliphatic hydroxyl groups excluding tert-OH is 1. The maximum Gasteiger partial charge on any atom is 0.223 e. The molecule has 1 aliphatic rings. The molecule has 0 aliphatic heterocycles. The molecule has 0 spiro atoms. The minimum absolute atomic E-state index is 0.183. The number of nitrogens with one attached hydrogen (secondary N) is 1. The fraction of sp³-hybridized carbons (Fsp3) is 0.267. The van der Waals surface area contributed by atoms with E-state index in [0.29, 0.717) is 12.4 Å². The zero-order valence-electron chi connectivity index (χ0n) is 20.5. The van der Waals surface area contributed by atoms with Gasteiger partial charge in [0.25, 0.3) is 0 Å². The van der Waals surface area contributed by atoms with Crippen LogP contribution in [0.2, 0.25) is 0 Å². The molecule has 2 N–H and O–H groups in total. The highest BCUT2D eigenvalue weighted by Gasteiger charge is 2.20. The molecule has 37 heavy (non-hydrogen) atoms. The van der Waals surface area contributed by atoms with Crippen LogP contribution in [0.4, 0.5) is 5.95 Å². The lowest BCUT2D eigenvalue weighted by molar-refractivity contribution is 0.126. The van der Waals surface area contributed by atoms with Gasteiger partial charge in [-0.05, 0) is 72.7 Å². The lowest BCUT2D eigenvalue weighted by Gasteiger charge is -2.26. The normalized spacial score (nSPS) is 17.6. The van der Waals surface area contributed by atoms with Crippen molar-refractivity contribution in [3.05, 3.63) is 101 Å². The van der Waals surface area contributed by atoms with Gasteiger partial charge < -0.3 is 10.4 Å². The summed E-state index contributed by atoms with van der Waals surface area (Å²) in [4.78, 5) is 18.8. The Morgan fingerprint density at radius 1 is 0.784 bits per heavy atom. The number of aliphatic hydroxyl groups is 1. The number of hydrogen-bond donors (Lipinski definition) is 2. The Kier molecular flexibility index (Phi) is 6.88. The Hall–Kier alpha value is -3.68. The van der Waals surface area contributed by atoms with Crippen LogP contribution in [-0.4, -0.2) is 37.2 Å². The monoisotopic (exact) mass is 507 g/mol. The Morgan fingerprint density at radius 3 is 2.32 bits per heavy atom. The first kappa shape index (κ1) is 23.7. The lowest BCUT2D eigenvalue weighted by Crippen LogP contribution is -2.29. The van der Waals surface area contributed by atoms with Crippen LogP contribution in [0.25, 0.3) is 21.3 Å². The van der Waals surface area contributed by atoms with Gasteiger partial charge in [-0.25, -0.2) is 15.0 Å². The second-order valence-electron chi connectivity index (χ2n) is 9.69. The van der Waals surface area contributed by atoms with Crippen molar-refractivity contribution in [2.75, 3.05) is 5.32 Å². The molecule has 186 valence electrons. The minimum atomic E-state index is -0.183. The van der Waals surface area contributed by atoms with Gasteiger partial charge in [-0.3, -0.25) is 4.98 Å². The van der Waals surface area contributed by atoms with E-state index in [4.69, 9.17) is 15.0 Å². The van der Waals surface area contributed by atoms with E-state index >= 15 is 0 Å². The molecule has 0 bridgehead atoms. The predicted octanol–water partition coefficient (Wildman–Crippen LogP) is 6.05. The van der Waals surface area contributed by atoms with E-state index in [1.54, 1.807) is 11.3 Å². The number of thiazole rings is 1. The molecule has 1 aliphatic carbocycles. The molecule has 1 saturated carbocycles. The molecular formula is C30H29N5OS. The molecule has 3 aromatic heterocycles. The van der Waals surface area contributed by atoms with E-state index < -0.39 is 0 Å². The summed E-state index contributed by atoms with van der Waals surface area (Å²) in [5.41, 5.74) is 6.52. The molecule has 2 aromatic carbocycles. The summed E-state index contributed by atoms with van der Waals surface area (Å²) in [6.45, 7) is 0. The van der Waals surface area contributed by atoms with E-state index in [-0.39, 0.29) is 12.1 Å². The van der Waals surface area contributed by atoms with Crippen LogP contribution in [0.3, 0.4) is 0 Å². The number of hydrogen-bond acceptors (Lipinski definition) is 7. The van der Waals surface area contributed by atoms with Gasteiger partial charge in [0.1, 0.15) is 0 Å². The molecule has 5 aromatic rings. The van der Waals surface area contributed by atoms with Gasteiger partial charge in [0, 0.05) is 31.3 Å². The summed E-state index contributed by atoms with van der Waals surface area (Å²) >= 11 is 1.72. The maximum atomic E-state index is 9.88. The zero-order chi connectivity index (χ0) is 25.0. The largest absolute Gasteiger partial charge is 0.393 e. The molecule has 0 saturated heterocycles. The van der Waals surface area contributed by atoms with Crippen molar-refractivity contribution in [2.45, 2.75) is 50.7 Å². The van der Waals surface area contributed by atoms with Crippen LogP contribution in [0.15, 0.2) is 79.1 Å². The molecule has 6 nitrogen and oxygen atoms in total. The third-order valence-corrected chi connectivity index (χ3v) is 7.89. The third kappa shape index (κ3) is 5.84. The van der Waals surface area contributed by atoms with E-state index in [1.807, 2.05) is 30.6 Å². The van der Waals surface area contributed by atoms with Gasteiger partial charge >= 0.3 is 0 Å². The molecule has 7 heteroatoms. The Bertz CT molecular complexity index is 1480. The molecule has 0 atom stereocenters. The zero-order valence-corrected chi connectivity index (χ0v) is 21.4. The van der Waals surface area contributed by atoms with E-state index in [2.05, 4.69) is 58.8 Å². The van der Waals surface area contributed by atoms with Crippen LogP contribution in [0, 0.1) is 0 Å². The highest BCUT2D eigenvalue weighted by Crippen LogP contribution is 2.29. The summed E-state index contributed by atoms with van der Waals surface area (Å²) < 4.78 is 1.17. The number of pyridine rings is 1. The van der Waals surface area contributed by atoms with E-state index in [9.17, 15) is 5.11 Å². The molecule has 3 heterocycles. The van der Waals surface area contributed by atoms with Gasteiger partial charge in [-0.2, -0.15) is 0 Å². The summed E-state index contributed by atoms with van der Waals surface area (Å²) in [5, 5.41) is 14.5. The summed E-state index contributed by atoms with van der Waals surface area (Å²) in [6, 6.07) is 23.3. The number of nitrogens with zero attached hydrogens (tertiary/aromatic N) is 4.